The fourth-order valence-corrected chi connectivity index (χ4v) is 4.44. The lowest BCUT2D eigenvalue weighted by Crippen LogP contribution is -2.23. The summed E-state index contributed by atoms with van der Waals surface area (Å²) in [5.74, 6) is 0.223. The summed E-state index contributed by atoms with van der Waals surface area (Å²) in [6.45, 7) is 1.20. The monoisotopic (exact) mass is 449 g/mol. The molecule has 2 aromatic carbocycles. The van der Waals surface area contributed by atoms with Crippen molar-refractivity contribution in [2.45, 2.75) is 18.7 Å². The van der Waals surface area contributed by atoms with E-state index in [0.29, 0.717) is 46.3 Å². The van der Waals surface area contributed by atoms with Gasteiger partial charge in [-0.15, -0.1) is 0 Å². The van der Waals surface area contributed by atoms with E-state index in [1.54, 1.807) is 36.4 Å². The lowest BCUT2D eigenvalue weighted by atomic mass is 10.1. The summed E-state index contributed by atoms with van der Waals surface area (Å²) in [6, 6.07) is 10.4. The first-order chi connectivity index (χ1) is 14.3. The minimum absolute atomic E-state index is 0.0120. The van der Waals surface area contributed by atoms with Gasteiger partial charge in [-0.1, -0.05) is 29.8 Å². The van der Waals surface area contributed by atoms with Gasteiger partial charge < -0.3 is 19.2 Å². The Balaban J connectivity index is 1.59. The second-order valence-electron chi connectivity index (χ2n) is 7.11. The molecule has 4 rings (SSSR count). The molecule has 3 aromatic rings. The molecule has 9 heteroatoms. The number of carbonyl (C=O) groups is 1. The largest absolute Gasteiger partial charge is 0.489 e. The minimum atomic E-state index is -3.37. The molecule has 1 aliphatic heterocycles. The third kappa shape index (κ3) is 4.39. The smallest absolute Gasteiger partial charge is 0.287 e. The predicted molar refractivity (Wildman–Crippen MR) is 113 cm³/mol. The Labute approximate surface area is 178 Å². The molecule has 1 N–H and O–H groups in total. The molecule has 0 saturated heterocycles. The Hall–Kier alpha value is -2.71. The van der Waals surface area contributed by atoms with Crippen molar-refractivity contribution in [2.75, 3.05) is 19.5 Å². The SMILES string of the molecule is CS(=O)(=O)Cc1c(C(=O)NCc2cc(Cl)c3c(c2)OCCCO3)oc2ccccc12. The molecule has 1 amide bonds. The zero-order valence-corrected chi connectivity index (χ0v) is 17.8. The molecule has 0 fully saturated rings. The molecule has 2 heterocycles. The highest BCUT2D eigenvalue weighted by Gasteiger charge is 2.23. The van der Waals surface area contributed by atoms with Gasteiger partial charge in [-0.3, -0.25) is 4.79 Å². The molecule has 0 atom stereocenters. The van der Waals surface area contributed by atoms with E-state index in [9.17, 15) is 13.2 Å². The molecule has 1 aliphatic rings. The van der Waals surface area contributed by atoms with Crippen molar-refractivity contribution in [1.29, 1.82) is 0 Å². The van der Waals surface area contributed by atoms with Crippen molar-refractivity contribution in [2.24, 2.45) is 0 Å². The molecule has 1 aromatic heterocycles. The van der Waals surface area contributed by atoms with E-state index in [-0.39, 0.29) is 18.1 Å². The van der Waals surface area contributed by atoms with Gasteiger partial charge in [0.05, 0.1) is 24.0 Å². The molecule has 0 saturated carbocycles. The summed E-state index contributed by atoms with van der Waals surface area (Å²) in [5, 5.41) is 3.78. The van der Waals surface area contributed by atoms with Gasteiger partial charge in [0.15, 0.2) is 27.1 Å². The van der Waals surface area contributed by atoms with E-state index in [0.717, 1.165) is 18.2 Å². The number of furan rings is 1. The zero-order valence-electron chi connectivity index (χ0n) is 16.2. The number of hydrogen-bond acceptors (Lipinski definition) is 6. The maximum atomic E-state index is 12.8. The fourth-order valence-electron chi connectivity index (χ4n) is 3.34. The topological polar surface area (TPSA) is 94.8 Å². The Morgan fingerprint density at radius 3 is 2.73 bits per heavy atom. The minimum Gasteiger partial charge on any atom is -0.489 e. The van der Waals surface area contributed by atoms with Crippen LogP contribution in [0.5, 0.6) is 11.5 Å². The van der Waals surface area contributed by atoms with Crippen LogP contribution in [0.4, 0.5) is 0 Å². The van der Waals surface area contributed by atoms with Crippen molar-refractivity contribution >= 4 is 38.3 Å². The summed E-state index contributed by atoms with van der Waals surface area (Å²) in [6.07, 6.45) is 1.88. The molecule has 158 valence electrons. The van der Waals surface area contributed by atoms with Gasteiger partial charge in [-0.25, -0.2) is 8.42 Å². The van der Waals surface area contributed by atoms with Gasteiger partial charge in [-0.05, 0) is 23.8 Å². The van der Waals surface area contributed by atoms with Crippen LogP contribution in [0.15, 0.2) is 40.8 Å². The molecule has 7 nitrogen and oxygen atoms in total. The van der Waals surface area contributed by atoms with Crippen LogP contribution in [0.3, 0.4) is 0 Å². The molecule has 0 radical (unpaired) electrons. The number of rotatable bonds is 5. The number of fused-ring (bicyclic) bond motifs is 2. The number of amides is 1. The summed E-state index contributed by atoms with van der Waals surface area (Å²) >= 11 is 6.30. The van der Waals surface area contributed by atoms with E-state index in [2.05, 4.69) is 5.32 Å². The Morgan fingerprint density at radius 2 is 1.93 bits per heavy atom. The number of carbonyl (C=O) groups excluding carboxylic acids is 1. The van der Waals surface area contributed by atoms with Crippen LogP contribution >= 0.6 is 11.6 Å². The Kier molecular flexibility index (Phi) is 5.62. The first kappa shape index (κ1) is 20.6. The second kappa shape index (κ2) is 8.20. The van der Waals surface area contributed by atoms with E-state index in [1.807, 2.05) is 0 Å². The van der Waals surface area contributed by atoms with Crippen LogP contribution in [-0.2, 0) is 22.1 Å². The highest BCUT2D eigenvalue weighted by molar-refractivity contribution is 7.89. The van der Waals surface area contributed by atoms with Crippen molar-refractivity contribution in [3.8, 4) is 11.5 Å². The van der Waals surface area contributed by atoms with Gasteiger partial charge in [0, 0.05) is 30.2 Å². The van der Waals surface area contributed by atoms with Crippen LogP contribution in [-0.4, -0.2) is 33.8 Å². The standard InChI is InChI=1S/C21H20ClNO6S/c1-30(25,26)12-15-14-5-2-3-6-17(14)29-19(15)21(24)23-11-13-9-16(22)20-18(10-13)27-7-4-8-28-20/h2-3,5-6,9-10H,4,7-8,11-12H2,1H3,(H,23,24). The van der Waals surface area contributed by atoms with Gasteiger partial charge in [0.2, 0.25) is 0 Å². The summed E-state index contributed by atoms with van der Waals surface area (Å²) in [5.41, 5.74) is 1.53. The van der Waals surface area contributed by atoms with E-state index in [1.165, 1.54) is 0 Å². The van der Waals surface area contributed by atoms with Crippen molar-refractivity contribution in [3.05, 3.63) is 58.3 Å². The number of hydrogen-bond donors (Lipinski definition) is 1. The molecule has 30 heavy (non-hydrogen) atoms. The average Bonchev–Trinajstić information content (AvgIpc) is 2.87. The van der Waals surface area contributed by atoms with Crippen LogP contribution in [0.2, 0.25) is 5.02 Å². The number of ether oxygens (including phenoxy) is 2. The normalized spacial score (nSPS) is 13.8. The van der Waals surface area contributed by atoms with E-state index < -0.39 is 15.7 Å². The highest BCUT2D eigenvalue weighted by atomic mass is 35.5. The van der Waals surface area contributed by atoms with Gasteiger partial charge >= 0.3 is 0 Å². The highest BCUT2D eigenvalue weighted by Crippen LogP contribution is 2.38. The molecule has 0 unspecified atom stereocenters. The number of para-hydroxylation sites is 1. The predicted octanol–water partition coefficient (Wildman–Crippen LogP) is 3.72. The van der Waals surface area contributed by atoms with Crippen LogP contribution in [0, 0.1) is 0 Å². The summed E-state index contributed by atoms with van der Waals surface area (Å²) < 4.78 is 40.7. The molecule has 0 spiro atoms. The fraction of sp³-hybridized carbons (Fsp3) is 0.286. The lowest BCUT2D eigenvalue weighted by Gasteiger charge is -2.12. The molecule has 0 bridgehead atoms. The lowest BCUT2D eigenvalue weighted by molar-refractivity contribution is 0.0924. The maximum Gasteiger partial charge on any atom is 0.287 e. The molecule has 0 aliphatic carbocycles. The molecular weight excluding hydrogens is 430 g/mol. The Morgan fingerprint density at radius 1 is 1.17 bits per heavy atom. The van der Waals surface area contributed by atoms with Gasteiger partial charge in [0.25, 0.3) is 5.91 Å². The van der Waals surface area contributed by atoms with Gasteiger partial charge in [-0.2, -0.15) is 0 Å². The third-order valence-electron chi connectivity index (χ3n) is 4.63. The first-order valence-electron chi connectivity index (χ1n) is 9.36. The maximum absolute atomic E-state index is 12.8. The Bertz CT molecular complexity index is 1220. The quantitative estimate of drug-likeness (QED) is 0.637. The average molecular weight is 450 g/mol. The van der Waals surface area contributed by atoms with Crippen molar-refractivity contribution in [3.63, 3.8) is 0 Å². The number of halogens is 1. The number of benzene rings is 2. The summed E-state index contributed by atoms with van der Waals surface area (Å²) in [7, 11) is -3.37. The van der Waals surface area contributed by atoms with Crippen LogP contribution < -0.4 is 14.8 Å². The van der Waals surface area contributed by atoms with Crippen LogP contribution in [0.25, 0.3) is 11.0 Å². The van der Waals surface area contributed by atoms with E-state index >= 15 is 0 Å². The third-order valence-corrected chi connectivity index (χ3v) is 5.72. The first-order valence-corrected chi connectivity index (χ1v) is 11.8. The second-order valence-corrected chi connectivity index (χ2v) is 9.66. The van der Waals surface area contributed by atoms with Crippen LogP contribution in [0.1, 0.15) is 28.1 Å². The van der Waals surface area contributed by atoms with Gasteiger partial charge in [0.1, 0.15) is 5.58 Å². The van der Waals surface area contributed by atoms with E-state index in [4.69, 9.17) is 25.5 Å². The summed E-state index contributed by atoms with van der Waals surface area (Å²) in [4.78, 5) is 12.8. The number of nitrogens with one attached hydrogen (secondary N) is 1. The van der Waals surface area contributed by atoms with Crippen molar-refractivity contribution < 1.29 is 27.1 Å². The van der Waals surface area contributed by atoms with Crippen molar-refractivity contribution in [1.82, 2.24) is 5.32 Å². The number of sulfone groups is 1. The molecular formula is C21H20ClNO6S. The zero-order chi connectivity index (χ0) is 21.3.